The van der Waals surface area contributed by atoms with Crippen LogP contribution in [-0.4, -0.2) is 49.0 Å². The molecule has 10 nitrogen and oxygen atoms in total. The van der Waals surface area contributed by atoms with Crippen LogP contribution < -0.4 is 10.6 Å². The number of furan rings is 1. The Balaban J connectivity index is 0.00000261. The number of aromatic nitrogens is 6. The van der Waals surface area contributed by atoms with Crippen molar-refractivity contribution in [3.8, 4) is 11.6 Å². The minimum atomic E-state index is 0. The van der Waals surface area contributed by atoms with Gasteiger partial charge < -0.3 is 19.6 Å². The van der Waals surface area contributed by atoms with Gasteiger partial charge in [0.15, 0.2) is 11.7 Å². The Morgan fingerprint density at radius 3 is 2.96 bits per heavy atom. The SMILES string of the molecule is CCNC(=NCc1nc(-c2ccco2)n[nH]1)NCCn1cnnc1CC.I. The molecule has 11 heteroatoms. The molecule has 0 aliphatic carbocycles. The first kappa shape index (κ1) is 20.9. The molecule has 0 aliphatic rings. The normalized spacial score (nSPS) is 11.3. The lowest BCUT2D eigenvalue weighted by molar-refractivity contribution is 0.577. The van der Waals surface area contributed by atoms with Gasteiger partial charge in [0.1, 0.15) is 24.5 Å². The molecule has 0 fully saturated rings. The van der Waals surface area contributed by atoms with Gasteiger partial charge in [-0.3, -0.25) is 5.10 Å². The van der Waals surface area contributed by atoms with Crippen LogP contribution in [-0.2, 0) is 19.5 Å². The number of hydrogen-bond acceptors (Lipinski definition) is 6. The number of halogens is 1. The molecular formula is C16H24IN9O. The highest BCUT2D eigenvalue weighted by Crippen LogP contribution is 2.14. The lowest BCUT2D eigenvalue weighted by Crippen LogP contribution is -2.39. The zero-order chi connectivity index (χ0) is 18.2. The van der Waals surface area contributed by atoms with E-state index in [1.807, 2.05) is 17.6 Å². The standard InChI is InChI=1S/C16H23N9O.HI/c1-3-14-23-20-11-25(14)8-7-18-16(17-4-2)19-10-13-21-15(24-22-13)12-6-5-9-26-12;/h5-6,9,11H,3-4,7-8,10H2,1-2H3,(H2,17,18,19)(H,21,22,24);1H. The van der Waals surface area contributed by atoms with Gasteiger partial charge in [0.05, 0.1) is 6.26 Å². The molecule has 3 N–H and O–H groups in total. The Morgan fingerprint density at radius 2 is 2.22 bits per heavy atom. The predicted molar refractivity (Wildman–Crippen MR) is 112 cm³/mol. The summed E-state index contributed by atoms with van der Waals surface area (Å²) in [6.07, 6.45) is 4.20. The summed E-state index contributed by atoms with van der Waals surface area (Å²) in [7, 11) is 0. The largest absolute Gasteiger partial charge is 0.461 e. The second-order valence-electron chi connectivity index (χ2n) is 5.50. The highest BCUT2D eigenvalue weighted by atomic mass is 127. The van der Waals surface area contributed by atoms with E-state index in [0.717, 1.165) is 31.3 Å². The van der Waals surface area contributed by atoms with Crippen LogP contribution in [0.15, 0.2) is 34.1 Å². The van der Waals surface area contributed by atoms with Crippen LogP contribution >= 0.6 is 24.0 Å². The van der Waals surface area contributed by atoms with Crippen molar-refractivity contribution < 1.29 is 4.42 Å². The monoisotopic (exact) mass is 485 g/mol. The van der Waals surface area contributed by atoms with E-state index < -0.39 is 0 Å². The number of aryl methyl sites for hydroxylation is 1. The summed E-state index contributed by atoms with van der Waals surface area (Å²) in [4.78, 5) is 8.91. The van der Waals surface area contributed by atoms with E-state index in [9.17, 15) is 0 Å². The zero-order valence-electron chi connectivity index (χ0n) is 15.3. The van der Waals surface area contributed by atoms with Crippen molar-refractivity contribution in [2.24, 2.45) is 4.99 Å². The fourth-order valence-electron chi connectivity index (χ4n) is 2.41. The van der Waals surface area contributed by atoms with E-state index in [1.165, 1.54) is 0 Å². The van der Waals surface area contributed by atoms with E-state index in [1.54, 1.807) is 18.7 Å². The maximum absolute atomic E-state index is 5.29. The average molecular weight is 485 g/mol. The van der Waals surface area contributed by atoms with E-state index >= 15 is 0 Å². The molecule has 0 radical (unpaired) electrons. The Morgan fingerprint density at radius 1 is 1.33 bits per heavy atom. The van der Waals surface area contributed by atoms with Crippen LogP contribution in [0, 0.1) is 0 Å². The summed E-state index contributed by atoms with van der Waals surface area (Å²) in [5.41, 5.74) is 0. The molecule has 27 heavy (non-hydrogen) atoms. The number of aliphatic imine (C=N–C) groups is 1. The molecule has 3 aromatic rings. The molecule has 0 spiro atoms. The zero-order valence-corrected chi connectivity index (χ0v) is 17.7. The van der Waals surface area contributed by atoms with Crippen molar-refractivity contribution in [1.29, 1.82) is 0 Å². The van der Waals surface area contributed by atoms with E-state index in [-0.39, 0.29) is 24.0 Å². The predicted octanol–water partition coefficient (Wildman–Crippen LogP) is 1.59. The molecule has 146 valence electrons. The molecule has 0 saturated carbocycles. The Kier molecular flexibility index (Phi) is 8.23. The van der Waals surface area contributed by atoms with Crippen LogP contribution in [0.1, 0.15) is 25.5 Å². The molecule has 0 saturated heterocycles. The highest BCUT2D eigenvalue weighted by Gasteiger charge is 2.08. The Labute approximate surface area is 174 Å². The maximum Gasteiger partial charge on any atom is 0.216 e. The van der Waals surface area contributed by atoms with Gasteiger partial charge in [0, 0.05) is 26.1 Å². The number of guanidine groups is 1. The molecule has 3 rings (SSSR count). The third-order valence-electron chi connectivity index (χ3n) is 3.66. The number of nitrogens with zero attached hydrogens (tertiary/aromatic N) is 6. The van der Waals surface area contributed by atoms with Gasteiger partial charge in [-0.15, -0.1) is 39.3 Å². The van der Waals surface area contributed by atoms with Gasteiger partial charge in [-0.1, -0.05) is 6.92 Å². The number of H-pyrrole nitrogens is 1. The van der Waals surface area contributed by atoms with Crippen molar-refractivity contribution >= 4 is 29.9 Å². The lowest BCUT2D eigenvalue weighted by Gasteiger charge is -2.11. The summed E-state index contributed by atoms with van der Waals surface area (Å²) in [5.74, 6) is 3.51. The third-order valence-corrected chi connectivity index (χ3v) is 3.66. The van der Waals surface area contributed by atoms with Crippen molar-refractivity contribution in [2.75, 3.05) is 13.1 Å². The molecule has 0 aliphatic heterocycles. The number of aromatic amines is 1. The minimum absolute atomic E-state index is 0. The molecule has 0 atom stereocenters. The second-order valence-corrected chi connectivity index (χ2v) is 5.50. The smallest absolute Gasteiger partial charge is 0.216 e. The first-order chi connectivity index (χ1) is 12.8. The molecule has 0 unspecified atom stereocenters. The summed E-state index contributed by atoms with van der Waals surface area (Å²) in [6.45, 7) is 6.72. The molecule has 0 bridgehead atoms. The second kappa shape index (κ2) is 10.6. The summed E-state index contributed by atoms with van der Waals surface area (Å²) < 4.78 is 7.32. The van der Waals surface area contributed by atoms with Gasteiger partial charge in [-0.05, 0) is 19.1 Å². The topological polar surface area (TPSA) is 122 Å². The summed E-state index contributed by atoms with van der Waals surface area (Å²) in [5, 5.41) is 21.6. The van der Waals surface area contributed by atoms with Crippen LogP contribution in [0.4, 0.5) is 0 Å². The van der Waals surface area contributed by atoms with Gasteiger partial charge in [0.2, 0.25) is 5.82 Å². The summed E-state index contributed by atoms with van der Waals surface area (Å²) >= 11 is 0. The van der Waals surface area contributed by atoms with Gasteiger partial charge in [-0.2, -0.15) is 0 Å². The van der Waals surface area contributed by atoms with Crippen LogP contribution in [0.25, 0.3) is 11.6 Å². The van der Waals surface area contributed by atoms with Crippen LogP contribution in [0.5, 0.6) is 0 Å². The first-order valence-electron chi connectivity index (χ1n) is 8.64. The fourth-order valence-corrected chi connectivity index (χ4v) is 2.41. The first-order valence-corrected chi connectivity index (χ1v) is 8.64. The highest BCUT2D eigenvalue weighted by molar-refractivity contribution is 14.0. The number of hydrogen-bond donors (Lipinski definition) is 3. The molecular weight excluding hydrogens is 461 g/mol. The number of rotatable bonds is 8. The van der Waals surface area contributed by atoms with Crippen molar-refractivity contribution in [1.82, 2.24) is 40.6 Å². The van der Waals surface area contributed by atoms with Crippen molar-refractivity contribution in [2.45, 2.75) is 33.4 Å². The summed E-state index contributed by atoms with van der Waals surface area (Å²) in [6, 6.07) is 3.62. The van der Waals surface area contributed by atoms with E-state index in [4.69, 9.17) is 4.42 Å². The lowest BCUT2D eigenvalue weighted by atomic mass is 10.4. The van der Waals surface area contributed by atoms with E-state index in [0.29, 0.717) is 30.5 Å². The van der Waals surface area contributed by atoms with Gasteiger partial charge in [0.25, 0.3) is 0 Å². The quantitative estimate of drug-likeness (QED) is 0.252. The maximum atomic E-state index is 5.29. The molecule has 3 heterocycles. The van der Waals surface area contributed by atoms with Crippen LogP contribution in [0.2, 0.25) is 0 Å². The Bertz CT molecular complexity index is 825. The minimum Gasteiger partial charge on any atom is -0.461 e. The average Bonchev–Trinajstić information content (AvgIpc) is 3.40. The van der Waals surface area contributed by atoms with Gasteiger partial charge >= 0.3 is 0 Å². The fraction of sp³-hybridized carbons (Fsp3) is 0.438. The molecule has 0 amide bonds. The number of nitrogens with one attached hydrogen (secondary N) is 3. The van der Waals surface area contributed by atoms with Crippen LogP contribution in [0.3, 0.4) is 0 Å². The molecule has 0 aromatic carbocycles. The third kappa shape index (κ3) is 5.77. The van der Waals surface area contributed by atoms with Crippen molar-refractivity contribution in [3.05, 3.63) is 36.4 Å². The van der Waals surface area contributed by atoms with E-state index in [2.05, 4.69) is 47.9 Å². The molecule has 3 aromatic heterocycles. The Hall–Kier alpha value is -2.44. The van der Waals surface area contributed by atoms with Crippen molar-refractivity contribution in [3.63, 3.8) is 0 Å². The van der Waals surface area contributed by atoms with Gasteiger partial charge in [-0.25, -0.2) is 9.98 Å².